The summed E-state index contributed by atoms with van der Waals surface area (Å²) in [5.41, 5.74) is 7.97. The summed E-state index contributed by atoms with van der Waals surface area (Å²) in [5, 5.41) is 7.50. The van der Waals surface area contributed by atoms with Gasteiger partial charge in [0.1, 0.15) is 0 Å². The monoisotopic (exact) mass is 365 g/mol. The molecule has 0 aliphatic carbocycles. The smallest absolute Gasteiger partial charge is 0.189 e. The van der Waals surface area contributed by atoms with Crippen LogP contribution in [0.4, 0.5) is 0 Å². The minimum absolute atomic E-state index is 0. The van der Waals surface area contributed by atoms with Crippen molar-refractivity contribution in [1.29, 1.82) is 0 Å². The Morgan fingerprint density at radius 3 is 2.61 bits per heavy atom. The van der Waals surface area contributed by atoms with Crippen LogP contribution in [0.3, 0.4) is 0 Å². The van der Waals surface area contributed by atoms with Gasteiger partial charge in [0.25, 0.3) is 0 Å². The fraction of sp³-hybridized carbons (Fsp3) is 0.667. The summed E-state index contributed by atoms with van der Waals surface area (Å²) in [7, 11) is 1.92. The molecule has 0 bridgehead atoms. The van der Waals surface area contributed by atoms with E-state index in [9.17, 15) is 0 Å². The topological polar surface area (TPSA) is 68.2 Å². The number of aromatic nitrogens is 2. The lowest BCUT2D eigenvalue weighted by Crippen LogP contribution is -2.44. The lowest BCUT2D eigenvalue weighted by atomic mass is 10.1. The summed E-state index contributed by atoms with van der Waals surface area (Å²) in [6.07, 6.45) is 2.91. The van der Waals surface area contributed by atoms with Gasteiger partial charge in [0.15, 0.2) is 5.96 Å². The zero-order chi connectivity index (χ0) is 13.1. The van der Waals surface area contributed by atoms with Crippen molar-refractivity contribution in [3.8, 4) is 0 Å². The maximum Gasteiger partial charge on any atom is 0.189 e. The Balaban J connectivity index is 0.00000289. The van der Waals surface area contributed by atoms with Gasteiger partial charge in [0, 0.05) is 24.3 Å². The van der Waals surface area contributed by atoms with Gasteiger partial charge in [-0.1, -0.05) is 6.92 Å². The third-order valence-electron chi connectivity index (χ3n) is 2.25. The molecule has 1 heterocycles. The highest BCUT2D eigenvalue weighted by molar-refractivity contribution is 14.0. The average molecular weight is 365 g/mol. The second-order valence-electron chi connectivity index (χ2n) is 5.20. The van der Waals surface area contributed by atoms with Crippen LogP contribution >= 0.6 is 24.0 Å². The molecule has 0 atom stereocenters. The molecule has 1 rings (SSSR count). The second-order valence-corrected chi connectivity index (χ2v) is 5.20. The van der Waals surface area contributed by atoms with E-state index in [-0.39, 0.29) is 29.5 Å². The molecular formula is C12H24IN5. The predicted molar refractivity (Wildman–Crippen MR) is 86.2 cm³/mol. The van der Waals surface area contributed by atoms with Gasteiger partial charge in [-0.15, -0.1) is 24.0 Å². The van der Waals surface area contributed by atoms with Crippen molar-refractivity contribution in [3.05, 3.63) is 17.5 Å². The Kier molecular flexibility index (Phi) is 6.66. The van der Waals surface area contributed by atoms with E-state index < -0.39 is 0 Å². The molecule has 3 N–H and O–H groups in total. The van der Waals surface area contributed by atoms with Gasteiger partial charge >= 0.3 is 0 Å². The number of guanidine groups is 1. The Bertz CT molecular complexity index is 403. The lowest BCUT2D eigenvalue weighted by Gasteiger charge is -2.20. The molecule has 0 saturated heterocycles. The van der Waals surface area contributed by atoms with Crippen molar-refractivity contribution in [2.45, 2.75) is 46.2 Å². The van der Waals surface area contributed by atoms with Crippen LogP contribution in [0.1, 0.15) is 39.0 Å². The Labute approximate surface area is 126 Å². The van der Waals surface area contributed by atoms with Crippen LogP contribution in [0.2, 0.25) is 0 Å². The molecule has 0 aromatic carbocycles. The number of nitrogens with one attached hydrogen (secondary N) is 1. The molecular weight excluding hydrogens is 341 g/mol. The average Bonchev–Trinajstić information content (AvgIpc) is 2.53. The maximum atomic E-state index is 5.82. The number of hydrogen-bond acceptors (Lipinski definition) is 2. The second kappa shape index (κ2) is 6.96. The highest BCUT2D eigenvalue weighted by Crippen LogP contribution is 2.08. The summed E-state index contributed by atoms with van der Waals surface area (Å²) in [5.74, 6) is 0.475. The highest BCUT2D eigenvalue weighted by Gasteiger charge is 2.10. The van der Waals surface area contributed by atoms with Crippen molar-refractivity contribution in [3.63, 3.8) is 0 Å². The number of hydrogen-bond donors (Lipinski definition) is 2. The summed E-state index contributed by atoms with van der Waals surface area (Å²) >= 11 is 0. The molecule has 0 spiro atoms. The van der Waals surface area contributed by atoms with Crippen LogP contribution in [0.5, 0.6) is 0 Å². The van der Waals surface area contributed by atoms with Crippen LogP contribution in [0.25, 0.3) is 0 Å². The van der Waals surface area contributed by atoms with Crippen LogP contribution in [-0.2, 0) is 20.0 Å². The zero-order valence-corrected chi connectivity index (χ0v) is 14.1. The molecule has 0 aliphatic heterocycles. The third kappa shape index (κ3) is 5.70. The lowest BCUT2D eigenvalue weighted by molar-refractivity contribution is 0.508. The van der Waals surface area contributed by atoms with Gasteiger partial charge in [-0.2, -0.15) is 5.10 Å². The number of halogens is 1. The van der Waals surface area contributed by atoms with E-state index in [0.717, 1.165) is 17.7 Å². The zero-order valence-electron chi connectivity index (χ0n) is 11.8. The Morgan fingerprint density at radius 1 is 1.50 bits per heavy atom. The SMILES string of the molecule is CCc1nn(C)cc1CN=C(N)NC(C)(C)C.I. The first-order chi connectivity index (χ1) is 7.81. The molecule has 6 heteroatoms. The minimum Gasteiger partial charge on any atom is -0.370 e. The van der Waals surface area contributed by atoms with Crippen LogP contribution in [0.15, 0.2) is 11.2 Å². The molecule has 0 saturated carbocycles. The van der Waals surface area contributed by atoms with E-state index in [0.29, 0.717) is 12.5 Å². The van der Waals surface area contributed by atoms with Crippen molar-refractivity contribution in [2.24, 2.45) is 17.8 Å². The molecule has 0 amide bonds. The number of nitrogens with zero attached hydrogens (tertiary/aromatic N) is 3. The predicted octanol–water partition coefficient (Wildman–Crippen LogP) is 1.80. The van der Waals surface area contributed by atoms with E-state index in [1.165, 1.54) is 0 Å². The molecule has 0 unspecified atom stereocenters. The fourth-order valence-electron chi connectivity index (χ4n) is 1.61. The summed E-state index contributed by atoms with van der Waals surface area (Å²) in [4.78, 5) is 4.33. The van der Waals surface area contributed by atoms with Crippen molar-refractivity contribution >= 4 is 29.9 Å². The van der Waals surface area contributed by atoms with Gasteiger partial charge in [-0.05, 0) is 27.2 Å². The molecule has 0 radical (unpaired) electrons. The first-order valence-electron chi connectivity index (χ1n) is 5.91. The first-order valence-corrected chi connectivity index (χ1v) is 5.91. The minimum atomic E-state index is -0.0594. The van der Waals surface area contributed by atoms with E-state index in [1.807, 2.05) is 17.9 Å². The van der Waals surface area contributed by atoms with E-state index >= 15 is 0 Å². The van der Waals surface area contributed by atoms with E-state index in [1.54, 1.807) is 0 Å². The summed E-state index contributed by atoms with van der Waals surface area (Å²) < 4.78 is 1.82. The Hall–Kier alpha value is -0.790. The molecule has 18 heavy (non-hydrogen) atoms. The highest BCUT2D eigenvalue weighted by atomic mass is 127. The molecule has 1 aromatic heterocycles. The summed E-state index contributed by atoms with van der Waals surface area (Å²) in [6, 6.07) is 0. The van der Waals surface area contributed by atoms with E-state index in [4.69, 9.17) is 5.73 Å². The molecule has 104 valence electrons. The quantitative estimate of drug-likeness (QED) is 0.488. The van der Waals surface area contributed by atoms with E-state index in [2.05, 4.69) is 43.1 Å². The summed E-state index contributed by atoms with van der Waals surface area (Å²) in [6.45, 7) is 8.82. The molecule has 0 fully saturated rings. The first kappa shape index (κ1) is 17.2. The van der Waals surface area contributed by atoms with Crippen molar-refractivity contribution < 1.29 is 0 Å². The number of aliphatic imine (C=N–C) groups is 1. The van der Waals surface area contributed by atoms with Crippen LogP contribution in [0, 0.1) is 0 Å². The number of nitrogens with two attached hydrogens (primary N) is 1. The number of aryl methyl sites for hydroxylation is 2. The fourth-order valence-corrected chi connectivity index (χ4v) is 1.61. The Morgan fingerprint density at radius 2 is 2.11 bits per heavy atom. The van der Waals surface area contributed by atoms with Gasteiger partial charge in [0.2, 0.25) is 0 Å². The standard InChI is InChI=1S/C12H23N5.HI/c1-6-10-9(8-17(5)16-10)7-14-11(13)15-12(2,3)4;/h8H,6-7H2,1-5H3,(H3,13,14,15);1H. The maximum absolute atomic E-state index is 5.82. The van der Waals surface area contributed by atoms with Crippen molar-refractivity contribution in [2.75, 3.05) is 0 Å². The molecule has 1 aromatic rings. The molecule has 0 aliphatic rings. The van der Waals surface area contributed by atoms with Gasteiger partial charge in [0.05, 0.1) is 12.2 Å². The van der Waals surface area contributed by atoms with Gasteiger partial charge in [-0.3, -0.25) is 4.68 Å². The largest absolute Gasteiger partial charge is 0.370 e. The van der Waals surface area contributed by atoms with Crippen LogP contribution < -0.4 is 11.1 Å². The van der Waals surface area contributed by atoms with Crippen molar-refractivity contribution in [1.82, 2.24) is 15.1 Å². The number of rotatable bonds is 3. The normalized spacial score (nSPS) is 12.2. The van der Waals surface area contributed by atoms with Gasteiger partial charge in [-0.25, -0.2) is 4.99 Å². The third-order valence-corrected chi connectivity index (χ3v) is 2.25. The van der Waals surface area contributed by atoms with Crippen LogP contribution in [-0.4, -0.2) is 21.3 Å². The molecule has 5 nitrogen and oxygen atoms in total. The van der Waals surface area contributed by atoms with Gasteiger partial charge < -0.3 is 11.1 Å².